The first kappa shape index (κ1) is 16.1. The molecule has 10 heteroatoms. The van der Waals surface area contributed by atoms with E-state index in [9.17, 15) is 13.2 Å². The van der Waals surface area contributed by atoms with Gasteiger partial charge in [-0.15, -0.1) is 5.10 Å². The Morgan fingerprint density at radius 2 is 1.88 bits per heavy atom. The Labute approximate surface area is 142 Å². The highest BCUT2D eigenvalue weighted by Crippen LogP contribution is 2.15. The van der Waals surface area contributed by atoms with E-state index < -0.39 is 15.9 Å². The SMILES string of the molecule is O=C(NS(=O)(=O)c1cccc(-n2cnnn2)c1)c1ccc(Cl)cc1. The van der Waals surface area contributed by atoms with Crippen molar-refractivity contribution in [3.8, 4) is 5.69 Å². The molecule has 1 amide bonds. The number of nitrogens with zero attached hydrogens (tertiary/aromatic N) is 4. The zero-order valence-corrected chi connectivity index (χ0v) is 13.6. The number of aromatic nitrogens is 4. The fourth-order valence-electron chi connectivity index (χ4n) is 1.91. The second-order valence-corrected chi connectivity index (χ2v) is 6.81. The molecule has 2 aromatic carbocycles. The van der Waals surface area contributed by atoms with Gasteiger partial charge in [0.05, 0.1) is 10.6 Å². The average Bonchev–Trinajstić information content (AvgIpc) is 3.10. The van der Waals surface area contributed by atoms with Crippen LogP contribution in [0.2, 0.25) is 5.02 Å². The predicted octanol–water partition coefficient (Wildman–Crippen LogP) is 1.43. The van der Waals surface area contributed by atoms with Crippen molar-refractivity contribution in [2.75, 3.05) is 0 Å². The summed E-state index contributed by atoms with van der Waals surface area (Å²) in [4.78, 5) is 12.0. The number of tetrazole rings is 1. The Morgan fingerprint density at radius 3 is 2.54 bits per heavy atom. The molecule has 0 fully saturated rings. The normalized spacial score (nSPS) is 11.2. The van der Waals surface area contributed by atoms with Crippen molar-refractivity contribution in [3.63, 3.8) is 0 Å². The van der Waals surface area contributed by atoms with Crippen LogP contribution < -0.4 is 4.72 Å². The standard InChI is InChI=1S/C14H10ClN5O3S/c15-11-6-4-10(5-7-11)14(21)17-24(22,23)13-3-1-2-12(8-13)20-9-16-18-19-20/h1-9H,(H,17,21). The molecule has 0 radical (unpaired) electrons. The number of rotatable bonds is 4. The number of halogens is 1. The molecule has 0 unspecified atom stereocenters. The van der Waals surface area contributed by atoms with Crippen LogP contribution in [0.4, 0.5) is 0 Å². The summed E-state index contributed by atoms with van der Waals surface area (Å²) in [6.45, 7) is 0. The summed E-state index contributed by atoms with van der Waals surface area (Å²) in [5, 5.41) is 11.1. The summed E-state index contributed by atoms with van der Waals surface area (Å²) in [6.07, 6.45) is 1.33. The van der Waals surface area contributed by atoms with Gasteiger partial charge in [0.25, 0.3) is 15.9 Å². The van der Waals surface area contributed by atoms with Crippen molar-refractivity contribution < 1.29 is 13.2 Å². The Morgan fingerprint density at radius 1 is 1.12 bits per heavy atom. The minimum atomic E-state index is -4.05. The van der Waals surface area contributed by atoms with E-state index in [2.05, 4.69) is 15.5 Å². The molecule has 0 spiro atoms. The van der Waals surface area contributed by atoms with Gasteiger partial charge >= 0.3 is 0 Å². The molecule has 8 nitrogen and oxygen atoms in total. The largest absolute Gasteiger partial charge is 0.268 e. The summed E-state index contributed by atoms with van der Waals surface area (Å²) in [5.41, 5.74) is 0.626. The van der Waals surface area contributed by atoms with Crippen molar-refractivity contribution in [1.29, 1.82) is 0 Å². The number of carbonyl (C=O) groups excluding carboxylic acids is 1. The molecule has 0 aliphatic carbocycles. The fourth-order valence-corrected chi connectivity index (χ4v) is 3.05. The smallest absolute Gasteiger partial charge is 0.264 e. The molecular weight excluding hydrogens is 354 g/mol. The molecule has 1 aromatic heterocycles. The molecule has 0 aliphatic heterocycles. The predicted molar refractivity (Wildman–Crippen MR) is 85.3 cm³/mol. The number of hydrogen-bond donors (Lipinski definition) is 1. The lowest BCUT2D eigenvalue weighted by molar-refractivity contribution is 0.0981. The van der Waals surface area contributed by atoms with Crippen LogP contribution in [0.25, 0.3) is 5.69 Å². The highest BCUT2D eigenvalue weighted by Gasteiger charge is 2.19. The minimum Gasteiger partial charge on any atom is -0.268 e. The molecule has 3 rings (SSSR count). The van der Waals surface area contributed by atoms with E-state index >= 15 is 0 Å². The third kappa shape index (κ3) is 3.42. The Hall–Kier alpha value is -2.78. The first-order chi connectivity index (χ1) is 11.5. The molecule has 24 heavy (non-hydrogen) atoms. The summed E-state index contributed by atoms with van der Waals surface area (Å²) < 4.78 is 28.1. The zero-order valence-electron chi connectivity index (χ0n) is 12.0. The van der Waals surface area contributed by atoms with Crippen LogP contribution in [-0.4, -0.2) is 34.5 Å². The topological polar surface area (TPSA) is 107 Å². The summed E-state index contributed by atoms with van der Waals surface area (Å²) >= 11 is 5.74. The van der Waals surface area contributed by atoms with Crippen LogP contribution in [0.1, 0.15) is 10.4 Å². The van der Waals surface area contributed by atoms with Gasteiger partial charge in [-0.05, 0) is 52.9 Å². The van der Waals surface area contributed by atoms with Crippen molar-refractivity contribution in [1.82, 2.24) is 24.9 Å². The highest BCUT2D eigenvalue weighted by molar-refractivity contribution is 7.90. The lowest BCUT2D eigenvalue weighted by Gasteiger charge is -2.08. The number of amides is 1. The van der Waals surface area contributed by atoms with Gasteiger partial charge in [0.15, 0.2) is 0 Å². The summed E-state index contributed by atoms with van der Waals surface area (Å²) in [5.74, 6) is -0.750. The van der Waals surface area contributed by atoms with Crippen LogP contribution >= 0.6 is 11.6 Å². The van der Waals surface area contributed by atoms with Crippen molar-refractivity contribution in [2.45, 2.75) is 4.90 Å². The third-order valence-corrected chi connectivity index (χ3v) is 4.66. The van der Waals surface area contributed by atoms with E-state index in [0.717, 1.165) is 0 Å². The van der Waals surface area contributed by atoms with Gasteiger partial charge in [-0.25, -0.2) is 17.8 Å². The van der Waals surface area contributed by atoms with E-state index in [1.165, 1.54) is 53.5 Å². The fraction of sp³-hybridized carbons (Fsp3) is 0. The molecule has 3 aromatic rings. The van der Waals surface area contributed by atoms with Crippen LogP contribution in [0.15, 0.2) is 59.8 Å². The van der Waals surface area contributed by atoms with Crippen LogP contribution in [-0.2, 0) is 10.0 Å². The van der Waals surface area contributed by atoms with Crippen LogP contribution in [0.3, 0.4) is 0 Å². The van der Waals surface area contributed by atoms with E-state index in [1.54, 1.807) is 6.07 Å². The molecule has 1 heterocycles. The third-order valence-electron chi connectivity index (χ3n) is 3.07. The molecule has 0 aliphatic rings. The van der Waals surface area contributed by atoms with Gasteiger partial charge < -0.3 is 0 Å². The van der Waals surface area contributed by atoms with Gasteiger partial charge in [-0.3, -0.25) is 4.79 Å². The zero-order chi connectivity index (χ0) is 17.2. The van der Waals surface area contributed by atoms with Crippen molar-refractivity contribution >= 4 is 27.5 Å². The highest BCUT2D eigenvalue weighted by atomic mass is 35.5. The Balaban J connectivity index is 1.87. The van der Waals surface area contributed by atoms with E-state index in [1.807, 2.05) is 4.72 Å². The molecule has 1 N–H and O–H groups in total. The Kier molecular flexibility index (Phi) is 4.28. The average molecular weight is 364 g/mol. The minimum absolute atomic E-state index is 0.0854. The molecule has 0 saturated heterocycles. The van der Waals surface area contributed by atoms with Gasteiger partial charge in [0, 0.05) is 10.6 Å². The first-order valence-corrected chi connectivity index (χ1v) is 8.48. The van der Waals surface area contributed by atoms with Gasteiger partial charge in [0.2, 0.25) is 0 Å². The van der Waals surface area contributed by atoms with Crippen molar-refractivity contribution in [3.05, 3.63) is 65.4 Å². The molecule has 0 atom stereocenters. The summed E-state index contributed by atoms with van der Waals surface area (Å²) in [7, 11) is -4.05. The second kappa shape index (κ2) is 6.38. The number of hydrogen-bond acceptors (Lipinski definition) is 6. The van der Waals surface area contributed by atoms with Crippen LogP contribution in [0, 0.1) is 0 Å². The molecule has 0 bridgehead atoms. The van der Waals surface area contributed by atoms with Gasteiger partial charge in [-0.1, -0.05) is 17.7 Å². The van der Waals surface area contributed by atoms with E-state index in [4.69, 9.17) is 11.6 Å². The maximum Gasteiger partial charge on any atom is 0.264 e. The maximum absolute atomic E-state index is 12.4. The number of sulfonamides is 1. The number of nitrogens with one attached hydrogen (secondary N) is 1. The lowest BCUT2D eigenvalue weighted by Crippen LogP contribution is -2.30. The van der Waals surface area contributed by atoms with Gasteiger partial charge in [-0.2, -0.15) is 0 Å². The monoisotopic (exact) mass is 363 g/mol. The van der Waals surface area contributed by atoms with Gasteiger partial charge in [0.1, 0.15) is 6.33 Å². The van der Waals surface area contributed by atoms with Crippen molar-refractivity contribution in [2.24, 2.45) is 0 Å². The maximum atomic E-state index is 12.4. The second-order valence-electron chi connectivity index (χ2n) is 4.69. The lowest BCUT2D eigenvalue weighted by atomic mass is 10.2. The number of carbonyl (C=O) groups is 1. The molecule has 122 valence electrons. The molecular formula is C14H10ClN5O3S. The quantitative estimate of drug-likeness (QED) is 0.751. The number of benzene rings is 2. The Bertz CT molecular complexity index is 972. The summed E-state index contributed by atoms with van der Waals surface area (Å²) in [6, 6.07) is 11.8. The van der Waals surface area contributed by atoms with E-state index in [-0.39, 0.29) is 10.5 Å². The molecule has 0 saturated carbocycles. The first-order valence-electron chi connectivity index (χ1n) is 6.62. The van der Waals surface area contributed by atoms with E-state index in [0.29, 0.717) is 10.7 Å². The van der Waals surface area contributed by atoms with Crippen LogP contribution in [0.5, 0.6) is 0 Å².